The van der Waals surface area contributed by atoms with Crippen LogP contribution >= 0.6 is 0 Å². The fraction of sp³-hybridized carbons (Fsp3) is 0.618. The maximum absolute atomic E-state index is 13.9. The predicted molar refractivity (Wildman–Crippen MR) is 155 cm³/mol. The number of aromatic hydroxyl groups is 2. The van der Waals surface area contributed by atoms with Crippen molar-refractivity contribution < 1.29 is 34.0 Å². The summed E-state index contributed by atoms with van der Waals surface area (Å²) in [6, 6.07) is 6.97. The monoisotopic (exact) mass is 564 g/mol. The van der Waals surface area contributed by atoms with E-state index < -0.39 is 22.4 Å². The molecule has 222 valence electrons. The van der Waals surface area contributed by atoms with Crippen molar-refractivity contribution in [2.75, 3.05) is 7.11 Å². The predicted octanol–water partition coefficient (Wildman–Crippen LogP) is 7.12. The quantitative estimate of drug-likeness (QED) is 0.386. The second kappa shape index (κ2) is 9.03. The Morgan fingerprint density at radius 3 is 2.49 bits per heavy atom. The molecule has 4 aliphatic rings. The summed E-state index contributed by atoms with van der Waals surface area (Å²) >= 11 is 0. The first-order valence-corrected chi connectivity index (χ1v) is 15.0. The molecule has 0 spiro atoms. The van der Waals surface area contributed by atoms with E-state index in [1.165, 1.54) is 6.07 Å². The molecule has 3 aliphatic heterocycles. The molecular weight excluding hydrogens is 520 g/mol. The van der Waals surface area contributed by atoms with Crippen molar-refractivity contribution in [2.24, 2.45) is 10.8 Å². The minimum Gasteiger partial charge on any atom is -0.508 e. The summed E-state index contributed by atoms with van der Waals surface area (Å²) in [6.07, 6.45) is 5.68. The van der Waals surface area contributed by atoms with Crippen LogP contribution in [-0.4, -0.2) is 40.1 Å². The number of rotatable bonds is 6. The van der Waals surface area contributed by atoms with Crippen molar-refractivity contribution in [3.63, 3.8) is 0 Å². The first kappa shape index (κ1) is 28.2. The summed E-state index contributed by atoms with van der Waals surface area (Å²) < 4.78 is 25.6. The Bertz CT molecular complexity index is 1410. The maximum Gasteiger partial charge on any atom is 0.217 e. The number of methoxy groups -OCH3 is 1. The number of fused-ring (bicyclic) bond motifs is 5. The van der Waals surface area contributed by atoms with Crippen molar-refractivity contribution in [3.8, 4) is 28.7 Å². The van der Waals surface area contributed by atoms with E-state index in [-0.39, 0.29) is 28.6 Å². The lowest BCUT2D eigenvalue weighted by Crippen LogP contribution is -2.58. The third kappa shape index (κ3) is 4.21. The largest absolute Gasteiger partial charge is 0.508 e. The Kier molecular flexibility index (Phi) is 6.21. The van der Waals surface area contributed by atoms with Crippen LogP contribution in [0.3, 0.4) is 0 Å². The fourth-order valence-electron chi connectivity index (χ4n) is 8.56. The number of phenols is 2. The van der Waals surface area contributed by atoms with Gasteiger partial charge >= 0.3 is 0 Å². The molecule has 2 N–H and O–H groups in total. The van der Waals surface area contributed by atoms with E-state index >= 15 is 0 Å². The van der Waals surface area contributed by atoms with Crippen LogP contribution in [0.1, 0.15) is 102 Å². The Balaban J connectivity index is 1.26. The number of ether oxygens (including phenoxy) is 4. The van der Waals surface area contributed by atoms with E-state index in [1.54, 1.807) is 13.2 Å². The standard InChI is InChI=1S/C34H44O7/c1-20-13-24(38-7)14-21-9-12-32(5,40-29(20)21)18-23(36)17-31(4)10-8-11-33(31,6)34-19-25(30(2,3)41-34)28-26(37)15-22(35)16-27(28)39-34/h13-16,25,35,37H,8-12,17-19H2,1-7H3/t25-,31-,32-,33-,34-/m0/s1. The van der Waals surface area contributed by atoms with Gasteiger partial charge in [-0.15, -0.1) is 0 Å². The average molecular weight is 565 g/mol. The van der Waals surface area contributed by atoms with Gasteiger partial charge in [-0.2, -0.15) is 0 Å². The lowest BCUT2D eigenvalue weighted by molar-refractivity contribution is -0.279. The van der Waals surface area contributed by atoms with Crippen LogP contribution in [0.15, 0.2) is 24.3 Å². The molecule has 0 unspecified atom stereocenters. The van der Waals surface area contributed by atoms with Gasteiger partial charge in [-0.3, -0.25) is 4.79 Å². The molecule has 3 heterocycles. The van der Waals surface area contributed by atoms with Gasteiger partial charge in [0.2, 0.25) is 5.79 Å². The zero-order chi connectivity index (χ0) is 29.6. The SMILES string of the molecule is COc1cc(C)c2c(c1)CC[C@@](C)(CC(=O)C[C@]1(C)CCC[C@]1(C)[C@@]13C[C@@H](c4c(O)cc(O)cc4O1)C(C)(C)O3)O2. The van der Waals surface area contributed by atoms with Gasteiger partial charge in [-0.25, -0.2) is 0 Å². The third-order valence-electron chi connectivity index (χ3n) is 11.0. The van der Waals surface area contributed by atoms with Gasteiger partial charge in [0.15, 0.2) is 0 Å². The van der Waals surface area contributed by atoms with E-state index in [4.69, 9.17) is 18.9 Å². The number of ketones is 1. The second-order valence-electron chi connectivity index (χ2n) is 14.3. The van der Waals surface area contributed by atoms with E-state index in [0.717, 1.165) is 54.7 Å². The Labute approximate surface area is 243 Å². The van der Waals surface area contributed by atoms with Crippen LogP contribution < -0.4 is 14.2 Å². The van der Waals surface area contributed by atoms with E-state index in [0.29, 0.717) is 30.6 Å². The summed E-state index contributed by atoms with van der Waals surface area (Å²) in [4.78, 5) is 13.9. The topological polar surface area (TPSA) is 94.5 Å². The summed E-state index contributed by atoms with van der Waals surface area (Å²) in [5.41, 5.74) is 0.855. The Morgan fingerprint density at radius 2 is 1.76 bits per heavy atom. The van der Waals surface area contributed by atoms with Gasteiger partial charge in [-0.05, 0) is 82.1 Å². The van der Waals surface area contributed by atoms with Crippen molar-refractivity contribution in [3.05, 3.63) is 41.0 Å². The zero-order valence-electron chi connectivity index (χ0n) is 25.5. The average Bonchev–Trinajstić information content (AvgIpc) is 3.28. The minimum absolute atomic E-state index is 0.0302. The first-order chi connectivity index (χ1) is 19.1. The van der Waals surface area contributed by atoms with E-state index in [9.17, 15) is 15.0 Å². The number of carbonyl (C=O) groups is 1. The molecule has 1 saturated heterocycles. The molecule has 7 nitrogen and oxygen atoms in total. The number of phenolic OH excluding ortho intramolecular Hbond substituents is 2. The highest BCUT2D eigenvalue weighted by molar-refractivity contribution is 5.80. The lowest BCUT2D eigenvalue weighted by atomic mass is 9.59. The number of aryl methyl sites for hydroxylation is 2. The van der Waals surface area contributed by atoms with Crippen LogP contribution in [0.5, 0.6) is 28.7 Å². The van der Waals surface area contributed by atoms with Gasteiger partial charge in [-0.1, -0.05) is 20.3 Å². The molecule has 1 saturated carbocycles. The maximum atomic E-state index is 13.9. The number of hydrogen-bond donors (Lipinski definition) is 2. The summed E-state index contributed by atoms with van der Waals surface area (Å²) in [5.74, 6) is 1.28. The lowest BCUT2D eigenvalue weighted by Gasteiger charge is -2.53. The molecule has 2 aromatic rings. The number of hydrogen-bond acceptors (Lipinski definition) is 7. The van der Waals surface area contributed by atoms with E-state index in [1.807, 2.05) is 32.9 Å². The van der Waals surface area contributed by atoms with Gasteiger partial charge in [0.1, 0.15) is 40.1 Å². The minimum atomic E-state index is -0.972. The van der Waals surface area contributed by atoms with Gasteiger partial charge in [0.05, 0.1) is 12.7 Å². The Hall–Kier alpha value is -2.93. The molecule has 5 atom stereocenters. The highest BCUT2D eigenvalue weighted by atomic mass is 16.7. The molecule has 0 amide bonds. The smallest absolute Gasteiger partial charge is 0.217 e. The highest BCUT2D eigenvalue weighted by Crippen LogP contribution is 2.70. The summed E-state index contributed by atoms with van der Waals surface area (Å²) in [6.45, 7) is 12.6. The van der Waals surface area contributed by atoms with Crippen molar-refractivity contribution in [1.29, 1.82) is 0 Å². The zero-order valence-corrected chi connectivity index (χ0v) is 25.5. The van der Waals surface area contributed by atoms with E-state index in [2.05, 4.69) is 20.8 Å². The van der Waals surface area contributed by atoms with Crippen molar-refractivity contribution in [2.45, 2.75) is 116 Å². The number of carbonyl (C=O) groups excluding carboxylic acids is 1. The normalized spacial score (nSPS) is 34.8. The van der Waals surface area contributed by atoms with Crippen LogP contribution in [0, 0.1) is 17.8 Å². The van der Waals surface area contributed by atoms with Gasteiger partial charge < -0.3 is 29.2 Å². The molecule has 6 rings (SSSR count). The molecule has 41 heavy (non-hydrogen) atoms. The van der Waals surface area contributed by atoms with Crippen molar-refractivity contribution in [1.82, 2.24) is 0 Å². The second-order valence-corrected chi connectivity index (χ2v) is 14.3. The molecule has 0 radical (unpaired) electrons. The number of Topliss-reactive ketones (excluding diaryl/α,β-unsaturated/α-hetero) is 1. The third-order valence-corrected chi connectivity index (χ3v) is 11.0. The molecule has 7 heteroatoms. The Morgan fingerprint density at radius 1 is 1.00 bits per heavy atom. The van der Waals surface area contributed by atoms with Gasteiger partial charge in [0.25, 0.3) is 0 Å². The molecule has 2 aromatic carbocycles. The molecule has 1 aliphatic carbocycles. The summed E-state index contributed by atoms with van der Waals surface area (Å²) in [5, 5.41) is 21.0. The fourth-order valence-corrected chi connectivity index (χ4v) is 8.56. The molecule has 0 aromatic heterocycles. The molecule has 2 bridgehead atoms. The molecular formula is C34H44O7. The summed E-state index contributed by atoms with van der Waals surface area (Å²) in [7, 11) is 1.67. The van der Waals surface area contributed by atoms with Crippen LogP contribution in [-0.2, 0) is 16.0 Å². The first-order valence-electron chi connectivity index (χ1n) is 15.0. The van der Waals surface area contributed by atoms with Crippen LogP contribution in [0.2, 0.25) is 0 Å². The number of benzene rings is 2. The van der Waals surface area contributed by atoms with Gasteiger partial charge in [0, 0.05) is 48.3 Å². The molecule has 2 fully saturated rings. The highest BCUT2D eigenvalue weighted by Gasteiger charge is 2.71. The van der Waals surface area contributed by atoms with Crippen LogP contribution in [0.25, 0.3) is 0 Å². The van der Waals surface area contributed by atoms with Crippen LogP contribution in [0.4, 0.5) is 0 Å². The van der Waals surface area contributed by atoms with Crippen molar-refractivity contribution >= 4 is 5.78 Å².